The van der Waals surface area contributed by atoms with Gasteiger partial charge in [0.25, 0.3) is 11.7 Å². The maximum atomic E-state index is 13.0. The van der Waals surface area contributed by atoms with Crippen LogP contribution < -0.4 is 4.90 Å². The quantitative estimate of drug-likeness (QED) is 0.391. The Balaban J connectivity index is 1.96. The third-order valence-electron chi connectivity index (χ3n) is 4.84. The molecule has 1 aromatic heterocycles. The SMILES string of the molecule is Cc1cccc(N2C(=O)C(=O)/C(=C(/O)c3cccc(Cl)c3)C2c2ccncc2)c1. The van der Waals surface area contributed by atoms with E-state index in [1.807, 2.05) is 25.1 Å². The lowest BCUT2D eigenvalue weighted by atomic mass is 9.95. The summed E-state index contributed by atoms with van der Waals surface area (Å²) in [4.78, 5) is 31.4. The lowest BCUT2D eigenvalue weighted by Gasteiger charge is -2.25. The molecule has 5 nitrogen and oxygen atoms in total. The minimum Gasteiger partial charge on any atom is -0.507 e. The van der Waals surface area contributed by atoms with Crippen LogP contribution >= 0.6 is 11.6 Å². The van der Waals surface area contributed by atoms with Crippen LogP contribution in [0.3, 0.4) is 0 Å². The fourth-order valence-corrected chi connectivity index (χ4v) is 3.72. The fourth-order valence-electron chi connectivity index (χ4n) is 3.53. The number of aryl methyl sites for hydroxylation is 1. The van der Waals surface area contributed by atoms with Crippen LogP contribution in [-0.4, -0.2) is 21.8 Å². The molecule has 1 amide bonds. The number of amides is 1. The van der Waals surface area contributed by atoms with Crippen molar-refractivity contribution in [3.05, 3.63) is 100 Å². The number of carbonyl (C=O) groups excluding carboxylic acids is 2. The number of halogens is 1. The molecule has 2 heterocycles. The molecule has 1 N–H and O–H groups in total. The van der Waals surface area contributed by atoms with Gasteiger partial charge in [0, 0.05) is 28.7 Å². The van der Waals surface area contributed by atoms with Crippen molar-refractivity contribution in [3.8, 4) is 0 Å². The second-order valence-corrected chi connectivity index (χ2v) is 7.24. The Labute approximate surface area is 172 Å². The van der Waals surface area contributed by atoms with Crippen molar-refractivity contribution >= 4 is 34.7 Å². The zero-order valence-corrected chi connectivity index (χ0v) is 16.3. The van der Waals surface area contributed by atoms with E-state index in [1.54, 1.807) is 54.9 Å². The molecule has 1 aliphatic rings. The highest BCUT2D eigenvalue weighted by molar-refractivity contribution is 6.51. The van der Waals surface area contributed by atoms with Gasteiger partial charge in [-0.1, -0.05) is 35.9 Å². The number of aliphatic hydroxyl groups excluding tert-OH is 1. The van der Waals surface area contributed by atoms with Crippen LogP contribution in [0, 0.1) is 6.92 Å². The molecule has 0 spiro atoms. The van der Waals surface area contributed by atoms with Gasteiger partial charge in [-0.05, 0) is 54.4 Å². The first-order valence-corrected chi connectivity index (χ1v) is 9.38. The Morgan fingerprint density at radius 2 is 1.76 bits per heavy atom. The molecule has 0 bridgehead atoms. The molecule has 29 heavy (non-hydrogen) atoms. The zero-order valence-electron chi connectivity index (χ0n) is 15.5. The summed E-state index contributed by atoms with van der Waals surface area (Å²) in [6.45, 7) is 1.91. The Bertz CT molecular complexity index is 1140. The predicted octanol–water partition coefficient (Wildman–Crippen LogP) is 4.67. The third-order valence-corrected chi connectivity index (χ3v) is 5.08. The van der Waals surface area contributed by atoms with E-state index in [-0.39, 0.29) is 11.3 Å². The van der Waals surface area contributed by atoms with Gasteiger partial charge in [0.05, 0.1) is 11.6 Å². The largest absolute Gasteiger partial charge is 0.507 e. The highest BCUT2D eigenvalue weighted by Crippen LogP contribution is 2.42. The van der Waals surface area contributed by atoms with E-state index in [9.17, 15) is 14.7 Å². The number of hydrogen-bond acceptors (Lipinski definition) is 4. The number of aromatic nitrogens is 1. The van der Waals surface area contributed by atoms with Crippen LogP contribution in [0.1, 0.15) is 22.7 Å². The van der Waals surface area contributed by atoms with Gasteiger partial charge in [-0.3, -0.25) is 19.5 Å². The molecule has 1 saturated heterocycles. The summed E-state index contributed by atoms with van der Waals surface area (Å²) in [6, 6.07) is 16.6. The van der Waals surface area contributed by atoms with Crippen LogP contribution in [0.2, 0.25) is 5.02 Å². The summed E-state index contributed by atoms with van der Waals surface area (Å²) in [5.41, 5.74) is 2.60. The highest BCUT2D eigenvalue weighted by atomic mass is 35.5. The van der Waals surface area contributed by atoms with Gasteiger partial charge in [0.1, 0.15) is 5.76 Å². The number of benzene rings is 2. The lowest BCUT2D eigenvalue weighted by molar-refractivity contribution is -0.132. The molecule has 1 aliphatic heterocycles. The Morgan fingerprint density at radius 1 is 1.03 bits per heavy atom. The zero-order chi connectivity index (χ0) is 20.5. The fraction of sp³-hybridized carbons (Fsp3) is 0.0870. The second-order valence-electron chi connectivity index (χ2n) is 6.80. The van der Waals surface area contributed by atoms with Gasteiger partial charge in [-0.2, -0.15) is 0 Å². The maximum absolute atomic E-state index is 13.0. The molecular weight excluding hydrogens is 388 g/mol. The van der Waals surface area contributed by atoms with Crippen LogP contribution in [-0.2, 0) is 9.59 Å². The van der Waals surface area contributed by atoms with E-state index < -0.39 is 17.7 Å². The standard InChI is InChI=1S/C23H17ClN2O3/c1-14-4-2-7-18(12-14)26-20(15-8-10-25-11-9-15)19(22(28)23(26)29)21(27)16-5-3-6-17(24)13-16/h2-13,20,27H,1H3/b21-19+. The number of carbonyl (C=O) groups is 2. The molecule has 3 aromatic rings. The molecule has 0 saturated carbocycles. The Hall–Kier alpha value is -3.44. The average Bonchev–Trinajstić information content (AvgIpc) is 2.99. The van der Waals surface area contributed by atoms with Crippen molar-refractivity contribution in [1.29, 1.82) is 0 Å². The summed E-state index contributed by atoms with van der Waals surface area (Å²) in [6.07, 6.45) is 3.18. The topological polar surface area (TPSA) is 70.5 Å². The average molecular weight is 405 g/mol. The molecule has 4 rings (SSSR count). The monoisotopic (exact) mass is 404 g/mol. The van der Waals surface area contributed by atoms with Gasteiger partial charge in [0.15, 0.2) is 0 Å². The molecule has 2 aromatic carbocycles. The number of hydrogen-bond donors (Lipinski definition) is 1. The number of pyridine rings is 1. The van der Waals surface area contributed by atoms with Gasteiger partial charge in [-0.25, -0.2) is 0 Å². The predicted molar refractivity (Wildman–Crippen MR) is 112 cm³/mol. The first-order valence-electron chi connectivity index (χ1n) is 9.01. The molecule has 1 atom stereocenters. The molecule has 0 aliphatic carbocycles. The van der Waals surface area contributed by atoms with Gasteiger partial charge in [-0.15, -0.1) is 0 Å². The van der Waals surface area contributed by atoms with Crippen LogP contribution in [0.15, 0.2) is 78.6 Å². The summed E-state index contributed by atoms with van der Waals surface area (Å²) in [7, 11) is 0. The van der Waals surface area contributed by atoms with Crippen molar-refractivity contribution in [2.75, 3.05) is 4.90 Å². The van der Waals surface area contributed by atoms with Gasteiger partial charge >= 0.3 is 0 Å². The summed E-state index contributed by atoms with van der Waals surface area (Å²) in [5.74, 6) is -1.70. The van der Waals surface area contributed by atoms with Crippen molar-refractivity contribution < 1.29 is 14.7 Å². The van der Waals surface area contributed by atoms with Crippen molar-refractivity contribution in [3.63, 3.8) is 0 Å². The van der Waals surface area contributed by atoms with E-state index >= 15 is 0 Å². The van der Waals surface area contributed by atoms with Crippen LogP contribution in [0.25, 0.3) is 5.76 Å². The molecule has 1 fully saturated rings. The number of rotatable bonds is 3. The van der Waals surface area contributed by atoms with Gasteiger partial charge < -0.3 is 5.11 Å². The van der Waals surface area contributed by atoms with E-state index in [2.05, 4.69) is 4.98 Å². The second kappa shape index (κ2) is 7.53. The van der Waals surface area contributed by atoms with Crippen LogP contribution in [0.5, 0.6) is 0 Å². The minimum absolute atomic E-state index is 0.0185. The normalized spacial score (nSPS) is 18.3. The van der Waals surface area contributed by atoms with Gasteiger partial charge in [0.2, 0.25) is 0 Å². The van der Waals surface area contributed by atoms with E-state index in [1.165, 1.54) is 4.90 Å². The van der Waals surface area contributed by atoms with Crippen LogP contribution in [0.4, 0.5) is 5.69 Å². The van der Waals surface area contributed by atoms with E-state index in [0.717, 1.165) is 5.56 Å². The van der Waals surface area contributed by atoms with E-state index in [4.69, 9.17) is 11.6 Å². The number of anilines is 1. The maximum Gasteiger partial charge on any atom is 0.300 e. The lowest BCUT2D eigenvalue weighted by Crippen LogP contribution is -2.29. The first kappa shape index (κ1) is 18.9. The number of ketones is 1. The molecule has 1 unspecified atom stereocenters. The summed E-state index contributed by atoms with van der Waals surface area (Å²) < 4.78 is 0. The number of Topliss-reactive ketones (excluding diaryl/α,β-unsaturated/α-hetero) is 1. The van der Waals surface area contributed by atoms with Crippen molar-refractivity contribution in [1.82, 2.24) is 4.98 Å². The first-order chi connectivity index (χ1) is 14.0. The Morgan fingerprint density at radius 3 is 2.45 bits per heavy atom. The Kier molecular flexibility index (Phi) is 4.91. The molecular formula is C23H17ClN2O3. The summed E-state index contributed by atoms with van der Waals surface area (Å²) >= 11 is 6.05. The number of nitrogens with zero attached hydrogens (tertiary/aromatic N) is 2. The molecule has 144 valence electrons. The minimum atomic E-state index is -0.779. The highest BCUT2D eigenvalue weighted by Gasteiger charge is 2.46. The van der Waals surface area contributed by atoms with Crippen molar-refractivity contribution in [2.24, 2.45) is 0 Å². The molecule has 6 heteroatoms. The van der Waals surface area contributed by atoms with E-state index in [0.29, 0.717) is 21.8 Å². The number of aliphatic hydroxyl groups is 1. The molecule has 0 radical (unpaired) electrons. The smallest absolute Gasteiger partial charge is 0.300 e. The third kappa shape index (κ3) is 3.41. The van der Waals surface area contributed by atoms with Crippen molar-refractivity contribution in [2.45, 2.75) is 13.0 Å². The summed E-state index contributed by atoms with van der Waals surface area (Å²) in [5, 5.41) is 11.4.